The first-order valence-corrected chi connectivity index (χ1v) is 9.21. The Bertz CT molecular complexity index is 1030. The van der Waals surface area contributed by atoms with Crippen molar-refractivity contribution in [3.63, 3.8) is 0 Å². The molecular weight excluding hydrogens is 352 g/mol. The van der Waals surface area contributed by atoms with Gasteiger partial charge < -0.3 is 9.84 Å². The standard InChI is InChI=1S/C23H24N2O3/c1-5-28-23(27)20-13-17(4)25(21(20)18-9-7-6-8-10-18)24-14-19-12-15(2)11-16(3)22(19)26/h6-14,26H,5H2,1-4H3/b24-14-. The lowest BCUT2D eigenvalue weighted by Gasteiger charge is -2.09. The molecular formula is C23H24N2O3. The molecule has 3 aromatic rings. The van der Waals surface area contributed by atoms with Crippen LogP contribution in [0.15, 0.2) is 53.6 Å². The van der Waals surface area contributed by atoms with Crippen LogP contribution in [-0.2, 0) is 4.74 Å². The van der Waals surface area contributed by atoms with Crippen LogP contribution in [-0.4, -0.2) is 28.6 Å². The molecule has 1 aromatic heterocycles. The Balaban J connectivity index is 2.15. The van der Waals surface area contributed by atoms with Gasteiger partial charge in [-0.2, -0.15) is 5.10 Å². The van der Waals surface area contributed by atoms with Crippen LogP contribution in [0.5, 0.6) is 5.75 Å². The second kappa shape index (κ2) is 8.13. The molecule has 0 unspecified atom stereocenters. The number of benzene rings is 2. The molecule has 5 nitrogen and oxygen atoms in total. The summed E-state index contributed by atoms with van der Waals surface area (Å²) in [5.74, 6) is -0.182. The molecule has 0 radical (unpaired) electrons. The highest BCUT2D eigenvalue weighted by molar-refractivity contribution is 5.97. The maximum atomic E-state index is 12.5. The smallest absolute Gasteiger partial charge is 0.340 e. The van der Waals surface area contributed by atoms with E-state index in [-0.39, 0.29) is 11.7 Å². The van der Waals surface area contributed by atoms with E-state index < -0.39 is 0 Å². The van der Waals surface area contributed by atoms with Crippen molar-refractivity contribution < 1.29 is 14.6 Å². The van der Waals surface area contributed by atoms with Crippen molar-refractivity contribution in [3.8, 4) is 17.0 Å². The number of ether oxygens (including phenoxy) is 1. The first-order chi connectivity index (χ1) is 13.4. The molecule has 5 heteroatoms. The molecule has 28 heavy (non-hydrogen) atoms. The van der Waals surface area contributed by atoms with E-state index in [4.69, 9.17) is 4.74 Å². The lowest BCUT2D eigenvalue weighted by atomic mass is 10.1. The van der Waals surface area contributed by atoms with Gasteiger partial charge in [0.1, 0.15) is 5.75 Å². The van der Waals surface area contributed by atoms with E-state index in [9.17, 15) is 9.90 Å². The molecule has 3 rings (SSSR count). The molecule has 0 amide bonds. The number of aryl methyl sites for hydroxylation is 3. The molecule has 1 N–H and O–H groups in total. The lowest BCUT2D eigenvalue weighted by Crippen LogP contribution is -2.06. The molecule has 144 valence electrons. The number of hydrogen-bond acceptors (Lipinski definition) is 4. The molecule has 0 bridgehead atoms. The van der Waals surface area contributed by atoms with Crippen molar-refractivity contribution in [2.75, 3.05) is 6.61 Å². The van der Waals surface area contributed by atoms with E-state index in [1.54, 1.807) is 23.9 Å². The largest absolute Gasteiger partial charge is 0.507 e. The summed E-state index contributed by atoms with van der Waals surface area (Å²) in [6.45, 7) is 7.80. The van der Waals surface area contributed by atoms with Crippen LogP contribution in [0, 0.1) is 20.8 Å². The van der Waals surface area contributed by atoms with Gasteiger partial charge in [-0.25, -0.2) is 9.47 Å². The van der Waals surface area contributed by atoms with Gasteiger partial charge in [0.05, 0.1) is 24.1 Å². The SMILES string of the molecule is CCOC(=O)c1cc(C)n(/N=C\c2cc(C)cc(C)c2O)c1-c1ccccc1. The number of hydrogen-bond donors (Lipinski definition) is 1. The zero-order valence-electron chi connectivity index (χ0n) is 16.6. The van der Waals surface area contributed by atoms with Crippen LogP contribution in [0.3, 0.4) is 0 Å². The molecule has 0 spiro atoms. The number of aromatic hydroxyl groups is 1. The van der Waals surface area contributed by atoms with Crippen molar-refractivity contribution in [1.29, 1.82) is 0 Å². The number of phenolic OH excluding ortho intramolecular Hbond substituents is 1. The summed E-state index contributed by atoms with van der Waals surface area (Å²) in [7, 11) is 0. The second-order valence-corrected chi connectivity index (χ2v) is 6.71. The van der Waals surface area contributed by atoms with Gasteiger partial charge in [0.25, 0.3) is 0 Å². The first kappa shape index (κ1) is 19.4. The van der Waals surface area contributed by atoms with Crippen LogP contribution in [0.4, 0.5) is 0 Å². The number of rotatable bonds is 5. The Labute approximate surface area is 164 Å². The van der Waals surface area contributed by atoms with Gasteiger partial charge in [0, 0.05) is 16.8 Å². The minimum atomic E-state index is -0.382. The Kier molecular flexibility index (Phi) is 5.64. The highest BCUT2D eigenvalue weighted by atomic mass is 16.5. The van der Waals surface area contributed by atoms with Crippen LogP contribution in [0.2, 0.25) is 0 Å². The fourth-order valence-corrected chi connectivity index (χ4v) is 3.23. The van der Waals surface area contributed by atoms with Gasteiger partial charge in [-0.1, -0.05) is 36.4 Å². The molecule has 0 aliphatic carbocycles. The maximum Gasteiger partial charge on any atom is 0.340 e. The fourth-order valence-electron chi connectivity index (χ4n) is 3.23. The number of esters is 1. The van der Waals surface area contributed by atoms with Gasteiger partial charge in [0.2, 0.25) is 0 Å². The summed E-state index contributed by atoms with van der Waals surface area (Å²) in [4.78, 5) is 12.5. The predicted molar refractivity (Wildman–Crippen MR) is 111 cm³/mol. The third-order valence-corrected chi connectivity index (χ3v) is 4.48. The summed E-state index contributed by atoms with van der Waals surface area (Å²) in [6, 6.07) is 15.2. The van der Waals surface area contributed by atoms with Crippen molar-refractivity contribution in [1.82, 2.24) is 4.68 Å². The summed E-state index contributed by atoms with van der Waals surface area (Å²) in [5.41, 5.74) is 5.24. The third-order valence-electron chi connectivity index (χ3n) is 4.48. The summed E-state index contributed by atoms with van der Waals surface area (Å²) >= 11 is 0. The fraction of sp³-hybridized carbons (Fsp3) is 0.217. The first-order valence-electron chi connectivity index (χ1n) is 9.21. The lowest BCUT2D eigenvalue weighted by molar-refractivity contribution is 0.0527. The number of nitrogens with zero attached hydrogens (tertiary/aromatic N) is 2. The highest BCUT2D eigenvalue weighted by Crippen LogP contribution is 2.29. The monoisotopic (exact) mass is 376 g/mol. The predicted octanol–water partition coefficient (Wildman–Crippen LogP) is 4.84. The van der Waals surface area contributed by atoms with E-state index in [0.29, 0.717) is 23.4 Å². The maximum absolute atomic E-state index is 12.5. The number of carbonyl (C=O) groups excluding carboxylic acids is 1. The molecule has 0 fully saturated rings. The summed E-state index contributed by atoms with van der Waals surface area (Å²) < 4.78 is 6.93. The highest BCUT2D eigenvalue weighted by Gasteiger charge is 2.21. The quantitative estimate of drug-likeness (QED) is 0.512. The summed E-state index contributed by atoms with van der Waals surface area (Å²) in [6.07, 6.45) is 1.61. The molecule has 0 saturated heterocycles. The van der Waals surface area contributed by atoms with E-state index >= 15 is 0 Å². The molecule has 0 saturated carbocycles. The van der Waals surface area contributed by atoms with Crippen LogP contribution < -0.4 is 0 Å². The molecule has 0 aliphatic heterocycles. The van der Waals surface area contributed by atoms with Gasteiger partial charge >= 0.3 is 5.97 Å². The minimum Gasteiger partial charge on any atom is -0.507 e. The van der Waals surface area contributed by atoms with Crippen LogP contribution >= 0.6 is 0 Å². The Morgan fingerprint density at radius 2 is 1.86 bits per heavy atom. The van der Waals surface area contributed by atoms with Gasteiger partial charge in [-0.15, -0.1) is 0 Å². The second-order valence-electron chi connectivity index (χ2n) is 6.71. The Hall–Kier alpha value is -3.34. The van der Waals surface area contributed by atoms with E-state index in [1.165, 1.54) is 0 Å². The number of aromatic nitrogens is 1. The molecule has 1 heterocycles. The van der Waals surface area contributed by atoms with Crippen molar-refractivity contribution in [2.24, 2.45) is 5.10 Å². The minimum absolute atomic E-state index is 0.200. The zero-order chi connectivity index (χ0) is 20.3. The third kappa shape index (κ3) is 3.83. The average Bonchev–Trinajstić information content (AvgIpc) is 3.01. The van der Waals surface area contributed by atoms with Crippen molar-refractivity contribution >= 4 is 12.2 Å². The topological polar surface area (TPSA) is 63.8 Å². The van der Waals surface area contributed by atoms with Gasteiger partial charge in [-0.05, 0) is 51.0 Å². The normalized spacial score (nSPS) is 11.1. The van der Waals surface area contributed by atoms with E-state index in [2.05, 4.69) is 5.10 Å². The average molecular weight is 376 g/mol. The van der Waals surface area contributed by atoms with Gasteiger partial charge in [-0.3, -0.25) is 0 Å². The van der Waals surface area contributed by atoms with E-state index in [0.717, 1.165) is 22.4 Å². The number of carbonyl (C=O) groups is 1. The molecule has 2 aromatic carbocycles. The zero-order valence-corrected chi connectivity index (χ0v) is 16.6. The van der Waals surface area contributed by atoms with Crippen LogP contribution in [0.25, 0.3) is 11.3 Å². The van der Waals surface area contributed by atoms with Crippen molar-refractivity contribution in [2.45, 2.75) is 27.7 Å². The molecule has 0 aliphatic rings. The Morgan fingerprint density at radius 1 is 1.14 bits per heavy atom. The van der Waals surface area contributed by atoms with Crippen molar-refractivity contribution in [3.05, 3.63) is 76.5 Å². The number of phenols is 1. The summed E-state index contributed by atoms with van der Waals surface area (Å²) in [5, 5.41) is 14.9. The molecule has 0 atom stereocenters. The van der Waals surface area contributed by atoms with Crippen LogP contribution in [0.1, 0.15) is 39.7 Å². The Morgan fingerprint density at radius 3 is 2.54 bits per heavy atom. The van der Waals surface area contributed by atoms with E-state index in [1.807, 2.05) is 63.2 Å². The van der Waals surface area contributed by atoms with Gasteiger partial charge in [0.15, 0.2) is 0 Å².